The fraction of sp³-hybridized carbons (Fsp3) is 0.462. The molecule has 0 unspecified atom stereocenters. The van der Waals surface area contributed by atoms with Crippen molar-refractivity contribution in [1.29, 1.82) is 0 Å². The summed E-state index contributed by atoms with van der Waals surface area (Å²) in [5.74, 6) is 0.336. The summed E-state index contributed by atoms with van der Waals surface area (Å²) in [6, 6.07) is 6.76. The monoisotopic (exact) mass is 234 g/mol. The maximum atomic E-state index is 12.1. The summed E-state index contributed by atoms with van der Waals surface area (Å²) >= 11 is 0. The van der Waals surface area contributed by atoms with Gasteiger partial charge in [-0.25, -0.2) is 0 Å². The van der Waals surface area contributed by atoms with Crippen molar-refractivity contribution in [1.82, 2.24) is 0 Å². The van der Waals surface area contributed by atoms with Gasteiger partial charge in [0.1, 0.15) is 5.75 Å². The molecule has 1 saturated carbocycles. The van der Waals surface area contributed by atoms with Crippen LogP contribution in [0.15, 0.2) is 24.3 Å². The summed E-state index contributed by atoms with van der Waals surface area (Å²) in [7, 11) is 0. The fourth-order valence-corrected chi connectivity index (χ4v) is 2.47. The van der Waals surface area contributed by atoms with Crippen LogP contribution in [0.5, 0.6) is 5.75 Å². The Balaban J connectivity index is 2.04. The Morgan fingerprint density at radius 3 is 2.88 bits per heavy atom. The van der Waals surface area contributed by atoms with E-state index in [4.69, 9.17) is 5.73 Å². The van der Waals surface area contributed by atoms with E-state index in [-0.39, 0.29) is 23.5 Å². The number of anilines is 1. The van der Waals surface area contributed by atoms with E-state index in [2.05, 4.69) is 5.32 Å². The van der Waals surface area contributed by atoms with Gasteiger partial charge in [0.05, 0.1) is 5.69 Å². The highest BCUT2D eigenvalue weighted by Gasteiger charge is 2.32. The normalized spacial score (nSPS) is 23.6. The molecule has 1 aromatic carbocycles. The highest BCUT2D eigenvalue weighted by molar-refractivity contribution is 5.94. The Kier molecular flexibility index (Phi) is 3.64. The smallest absolute Gasteiger partial charge is 0.227 e. The van der Waals surface area contributed by atoms with Gasteiger partial charge >= 0.3 is 0 Å². The van der Waals surface area contributed by atoms with E-state index in [0.717, 1.165) is 19.3 Å². The van der Waals surface area contributed by atoms with E-state index >= 15 is 0 Å². The minimum Gasteiger partial charge on any atom is -0.506 e. The number of phenols is 1. The summed E-state index contributed by atoms with van der Waals surface area (Å²) in [4.78, 5) is 12.1. The number of hydrogen-bond donors (Lipinski definition) is 3. The number of rotatable bonds is 3. The van der Waals surface area contributed by atoms with Gasteiger partial charge < -0.3 is 16.2 Å². The van der Waals surface area contributed by atoms with E-state index < -0.39 is 0 Å². The first-order valence-electron chi connectivity index (χ1n) is 6.01. The average molecular weight is 234 g/mol. The number of amides is 1. The van der Waals surface area contributed by atoms with Crippen LogP contribution in [0.2, 0.25) is 0 Å². The van der Waals surface area contributed by atoms with E-state index in [1.165, 1.54) is 0 Å². The van der Waals surface area contributed by atoms with Crippen molar-refractivity contribution >= 4 is 11.6 Å². The number of carbonyl (C=O) groups is 1. The van der Waals surface area contributed by atoms with Crippen LogP contribution < -0.4 is 11.1 Å². The number of para-hydroxylation sites is 2. The number of benzene rings is 1. The van der Waals surface area contributed by atoms with E-state index in [1.54, 1.807) is 24.3 Å². The molecule has 0 bridgehead atoms. The lowest BCUT2D eigenvalue weighted by Gasteiger charge is -2.17. The quantitative estimate of drug-likeness (QED) is 0.697. The van der Waals surface area contributed by atoms with Crippen LogP contribution in [-0.4, -0.2) is 17.6 Å². The number of nitrogens with one attached hydrogen (secondary N) is 1. The molecule has 2 atom stereocenters. The molecule has 17 heavy (non-hydrogen) atoms. The lowest BCUT2D eigenvalue weighted by molar-refractivity contribution is -0.120. The third kappa shape index (κ3) is 2.58. The van der Waals surface area contributed by atoms with Gasteiger partial charge in [0.2, 0.25) is 5.91 Å². The third-order valence-corrected chi connectivity index (χ3v) is 3.46. The van der Waals surface area contributed by atoms with E-state index in [1.807, 2.05) is 0 Å². The molecule has 4 N–H and O–H groups in total. The second-order valence-electron chi connectivity index (χ2n) is 4.54. The van der Waals surface area contributed by atoms with Gasteiger partial charge in [0.15, 0.2) is 0 Å². The molecular weight excluding hydrogens is 216 g/mol. The Bertz CT molecular complexity index is 406. The van der Waals surface area contributed by atoms with Crippen LogP contribution in [0.25, 0.3) is 0 Å². The maximum absolute atomic E-state index is 12.1. The predicted molar refractivity (Wildman–Crippen MR) is 66.6 cm³/mol. The first kappa shape index (κ1) is 11.9. The second kappa shape index (κ2) is 5.19. The lowest BCUT2D eigenvalue weighted by atomic mass is 9.95. The molecule has 1 amide bonds. The number of nitrogens with two attached hydrogens (primary N) is 1. The molecule has 0 aliphatic heterocycles. The zero-order valence-corrected chi connectivity index (χ0v) is 9.73. The van der Waals surface area contributed by atoms with Crippen LogP contribution in [0.3, 0.4) is 0 Å². The Morgan fingerprint density at radius 2 is 2.18 bits per heavy atom. The first-order valence-corrected chi connectivity index (χ1v) is 6.01. The first-order chi connectivity index (χ1) is 8.22. The summed E-state index contributed by atoms with van der Waals surface area (Å²) in [5, 5.41) is 12.4. The number of carbonyl (C=O) groups excluding carboxylic acids is 1. The molecule has 92 valence electrons. The topological polar surface area (TPSA) is 75.4 Å². The summed E-state index contributed by atoms with van der Waals surface area (Å²) in [6.07, 6.45) is 2.97. The lowest BCUT2D eigenvalue weighted by Crippen LogP contribution is -2.29. The van der Waals surface area contributed by atoms with E-state index in [0.29, 0.717) is 12.2 Å². The van der Waals surface area contributed by atoms with Crippen molar-refractivity contribution in [2.24, 2.45) is 17.6 Å². The molecule has 0 spiro atoms. The molecular formula is C13H18N2O2. The Morgan fingerprint density at radius 1 is 1.41 bits per heavy atom. The standard InChI is InChI=1S/C13H18N2O2/c14-8-9-4-3-5-10(9)13(17)15-11-6-1-2-7-12(11)16/h1-2,6-7,9-10,16H,3-5,8,14H2,(H,15,17)/t9-,10-/m1/s1. The van der Waals surface area contributed by atoms with Crippen molar-refractivity contribution in [3.63, 3.8) is 0 Å². The molecule has 0 heterocycles. The summed E-state index contributed by atoms with van der Waals surface area (Å²) in [5.41, 5.74) is 6.13. The largest absolute Gasteiger partial charge is 0.506 e. The van der Waals surface area contributed by atoms with Crippen LogP contribution in [0.1, 0.15) is 19.3 Å². The molecule has 4 nitrogen and oxygen atoms in total. The van der Waals surface area contributed by atoms with Crippen molar-refractivity contribution in [2.45, 2.75) is 19.3 Å². The van der Waals surface area contributed by atoms with Crippen molar-refractivity contribution in [3.05, 3.63) is 24.3 Å². The van der Waals surface area contributed by atoms with Crippen LogP contribution in [0, 0.1) is 11.8 Å². The zero-order chi connectivity index (χ0) is 12.3. The van der Waals surface area contributed by atoms with E-state index in [9.17, 15) is 9.90 Å². The van der Waals surface area contributed by atoms with Crippen molar-refractivity contribution < 1.29 is 9.90 Å². The van der Waals surface area contributed by atoms with Crippen LogP contribution in [0.4, 0.5) is 5.69 Å². The zero-order valence-electron chi connectivity index (χ0n) is 9.73. The Labute approximate surface area is 101 Å². The van der Waals surface area contributed by atoms with Crippen LogP contribution in [-0.2, 0) is 4.79 Å². The third-order valence-electron chi connectivity index (χ3n) is 3.46. The number of hydrogen-bond acceptors (Lipinski definition) is 3. The van der Waals surface area contributed by atoms with Gasteiger partial charge in [-0.15, -0.1) is 0 Å². The van der Waals surface area contributed by atoms with Crippen molar-refractivity contribution in [3.8, 4) is 5.75 Å². The highest BCUT2D eigenvalue weighted by Crippen LogP contribution is 2.32. The summed E-state index contributed by atoms with van der Waals surface area (Å²) < 4.78 is 0. The molecule has 1 aliphatic carbocycles. The molecule has 1 fully saturated rings. The van der Waals surface area contributed by atoms with Gasteiger partial charge in [0.25, 0.3) is 0 Å². The fourth-order valence-electron chi connectivity index (χ4n) is 2.47. The molecule has 0 aromatic heterocycles. The number of phenolic OH excluding ortho intramolecular Hbond substituents is 1. The van der Waals surface area contributed by atoms with Gasteiger partial charge in [0, 0.05) is 5.92 Å². The summed E-state index contributed by atoms with van der Waals surface area (Å²) in [6.45, 7) is 0.554. The Hall–Kier alpha value is -1.55. The van der Waals surface area contributed by atoms with Gasteiger partial charge in [-0.3, -0.25) is 4.79 Å². The van der Waals surface area contributed by atoms with Gasteiger partial charge in [-0.2, -0.15) is 0 Å². The molecule has 1 aliphatic rings. The maximum Gasteiger partial charge on any atom is 0.227 e. The molecule has 4 heteroatoms. The van der Waals surface area contributed by atoms with Gasteiger partial charge in [-0.05, 0) is 37.4 Å². The SMILES string of the molecule is NC[C@H]1CCC[C@H]1C(=O)Nc1ccccc1O. The van der Waals surface area contributed by atoms with Gasteiger partial charge in [-0.1, -0.05) is 18.6 Å². The van der Waals surface area contributed by atoms with Crippen LogP contribution >= 0.6 is 0 Å². The van der Waals surface area contributed by atoms with Crippen molar-refractivity contribution in [2.75, 3.05) is 11.9 Å². The molecule has 1 aromatic rings. The highest BCUT2D eigenvalue weighted by atomic mass is 16.3. The number of aromatic hydroxyl groups is 1. The second-order valence-corrected chi connectivity index (χ2v) is 4.54. The minimum atomic E-state index is -0.0283. The molecule has 2 rings (SSSR count). The average Bonchev–Trinajstić information content (AvgIpc) is 2.80. The minimum absolute atomic E-state index is 0.0143. The molecule has 0 radical (unpaired) electrons. The predicted octanol–water partition coefficient (Wildman–Crippen LogP) is 1.71. The molecule has 0 saturated heterocycles.